The zero-order chi connectivity index (χ0) is 23.3. The van der Waals surface area contributed by atoms with Crippen LogP contribution < -0.4 is 15.4 Å². The van der Waals surface area contributed by atoms with Crippen molar-refractivity contribution in [2.45, 2.75) is 57.0 Å². The number of esters is 1. The number of ether oxygens (including phenoxy) is 2. The summed E-state index contributed by atoms with van der Waals surface area (Å²) in [6.07, 6.45) is 8.49. The highest BCUT2D eigenvalue weighted by molar-refractivity contribution is 5.93. The Morgan fingerprint density at radius 1 is 1.09 bits per heavy atom. The predicted octanol–water partition coefficient (Wildman–Crippen LogP) is 3.28. The molecular weight excluding hydrogens is 418 g/mol. The third-order valence-corrected chi connectivity index (χ3v) is 7.62. The number of carbonyl (C=O) groups is 2. The summed E-state index contributed by atoms with van der Waals surface area (Å²) in [5.74, 6) is 0.583. The Bertz CT molecular complexity index is 851. The second-order valence-corrected chi connectivity index (χ2v) is 9.63. The zero-order valence-electron chi connectivity index (χ0n) is 19.8. The molecule has 2 N–H and O–H groups in total. The van der Waals surface area contributed by atoms with Gasteiger partial charge in [-0.05, 0) is 88.1 Å². The molecule has 0 atom stereocenters. The van der Waals surface area contributed by atoms with Crippen molar-refractivity contribution in [3.8, 4) is 5.75 Å². The van der Waals surface area contributed by atoms with Gasteiger partial charge in [-0.1, -0.05) is 6.08 Å². The van der Waals surface area contributed by atoms with Crippen LogP contribution in [0.3, 0.4) is 0 Å². The molecule has 1 amide bonds. The van der Waals surface area contributed by atoms with Crippen molar-refractivity contribution in [1.29, 1.82) is 0 Å². The lowest BCUT2D eigenvalue weighted by Crippen LogP contribution is -2.50. The molecule has 7 heteroatoms. The highest BCUT2D eigenvalue weighted by Gasteiger charge is 2.44. The van der Waals surface area contributed by atoms with Crippen LogP contribution in [0.5, 0.6) is 5.75 Å². The summed E-state index contributed by atoms with van der Waals surface area (Å²) in [5.41, 5.74) is 6.53. The summed E-state index contributed by atoms with van der Waals surface area (Å²) in [6.45, 7) is 5.21. The first-order valence-corrected chi connectivity index (χ1v) is 12.3. The number of nitrogens with zero attached hydrogens (tertiary/aromatic N) is 2. The number of piperazine rings is 1. The van der Waals surface area contributed by atoms with E-state index in [9.17, 15) is 9.59 Å². The maximum absolute atomic E-state index is 12.5. The molecule has 2 fully saturated rings. The van der Waals surface area contributed by atoms with E-state index in [2.05, 4.69) is 21.9 Å². The molecule has 0 radical (unpaired) electrons. The number of carbonyl (C=O) groups excluding carboxylic acids is 2. The second-order valence-electron chi connectivity index (χ2n) is 9.63. The summed E-state index contributed by atoms with van der Waals surface area (Å²) in [4.78, 5) is 29.7. The van der Waals surface area contributed by atoms with Gasteiger partial charge in [0, 0.05) is 37.4 Å². The number of allylic oxidation sites excluding steroid dienone is 1. The van der Waals surface area contributed by atoms with Crippen molar-refractivity contribution < 1.29 is 19.1 Å². The third kappa shape index (κ3) is 5.69. The average molecular weight is 456 g/mol. The Morgan fingerprint density at radius 3 is 2.36 bits per heavy atom. The predicted molar refractivity (Wildman–Crippen MR) is 128 cm³/mol. The fourth-order valence-electron chi connectivity index (χ4n) is 5.32. The van der Waals surface area contributed by atoms with Crippen LogP contribution in [0.1, 0.15) is 51.4 Å². The third-order valence-electron chi connectivity index (χ3n) is 7.62. The molecule has 1 aliphatic heterocycles. The molecule has 7 nitrogen and oxygen atoms in total. The maximum atomic E-state index is 12.5. The first-order valence-electron chi connectivity index (χ1n) is 12.3. The minimum Gasteiger partial charge on any atom is -0.497 e. The van der Waals surface area contributed by atoms with E-state index in [-0.39, 0.29) is 5.97 Å². The number of anilines is 1. The van der Waals surface area contributed by atoms with Gasteiger partial charge in [0.15, 0.2) is 5.60 Å². The Labute approximate surface area is 196 Å². The molecule has 2 aliphatic carbocycles. The molecule has 4 rings (SSSR count). The molecule has 1 heterocycles. The lowest BCUT2D eigenvalue weighted by atomic mass is 9.77. The molecule has 1 aromatic carbocycles. The van der Waals surface area contributed by atoms with E-state index < -0.39 is 11.5 Å². The lowest BCUT2D eigenvalue weighted by Gasteiger charge is -2.39. The number of benzene rings is 1. The Balaban J connectivity index is 1.20. The van der Waals surface area contributed by atoms with Crippen LogP contribution in [0.4, 0.5) is 5.69 Å². The molecule has 0 aromatic heterocycles. The van der Waals surface area contributed by atoms with Gasteiger partial charge in [-0.3, -0.25) is 9.69 Å². The molecule has 0 spiro atoms. The number of primary amides is 1. The van der Waals surface area contributed by atoms with Gasteiger partial charge < -0.3 is 20.1 Å². The minimum absolute atomic E-state index is 0.348. The highest BCUT2D eigenvalue weighted by atomic mass is 16.6. The lowest BCUT2D eigenvalue weighted by molar-refractivity contribution is -0.168. The van der Waals surface area contributed by atoms with Crippen LogP contribution in [-0.4, -0.2) is 62.2 Å². The van der Waals surface area contributed by atoms with E-state index in [0.717, 1.165) is 77.0 Å². The minimum atomic E-state index is -1.12. The number of hydrogen-bond acceptors (Lipinski definition) is 6. The molecule has 1 saturated heterocycles. The summed E-state index contributed by atoms with van der Waals surface area (Å²) in [5, 5.41) is 0. The molecule has 0 unspecified atom stereocenters. The topological polar surface area (TPSA) is 85.1 Å². The van der Waals surface area contributed by atoms with Gasteiger partial charge >= 0.3 is 5.97 Å². The van der Waals surface area contributed by atoms with Gasteiger partial charge in [-0.25, -0.2) is 4.79 Å². The van der Waals surface area contributed by atoms with E-state index in [1.54, 1.807) is 7.11 Å². The van der Waals surface area contributed by atoms with Crippen LogP contribution in [-0.2, 0) is 14.3 Å². The second kappa shape index (κ2) is 10.6. The van der Waals surface area contributed by atoms with Crippen LogP contribution in [0.2, 0.25) is 0 Å². The molecule has 0 bridgehead atoms. The molecule has 180 valence electrons. The van der Waals surface area contributed by atoms with Crippen molar-refractivity contribution in [2.75, 3.05) is 44.7 Å². The molecular formula is C26H37N3O4. The first kappa shape index (κ1) is 23.6. The van der Waals surface area contributed by atoms with Gasteiger partial charge in [0.05, 0.1) is 7.11 Å². The van der Waals surface area contributed by atoms with Crippen molar-refractivity contribution in [1.82, 2.24) is 4.90 Å². The number of amides is 1. The number of methoxy groups -OCH3 is 1. The van der Waals surface area contributed by atoms with Crippen LogP contribution in [0.15, 0.2) is 35.9 Å². The van der Waals surface area contributed by atoms with E-state index in [4.69, 9.17) is 15.2 Å². The number of rotatable bonds is 8. The number of nitrogens with two attached hydrogens (primary N) is 1. The Morgan fingerprint density at radius 2 is 1.79 bits per heavy atom. The van der Waals surface area contributed by atoms with E-state index in [1.165, 1.54) is 5.69 Å². The zero-order valence-corrected chi connectivity index (χ0v) is 19.8. The van der Waals surface area contributed by atoms with Crippen molar-refractivity contribution in [2.24, 2.45) is 11.7 Å². The van der Waals surface area contributed by atoms with Crippen LogP contribution >= 0.6 is 0 Å². The van der Waals surface area contributed by atoms with E-state index in [0.29, 0.717) is 24.3 Å². The van der Waals surface area contributed by atoms with Crippen molar-refractivity contribution in [3.05, 3.63) is 35.9 Å². The molecule has 3 aliphatic rings. The van der Waals surface area contributed by atoms with E-state index >= 15 is 0 Å². The smallest absolute Gasteiger partial charge is 0.334 e. The highest BCUT2D eigenvalue weighted by Crippen LogP contribution is 2.37. The van der Waals surface area contributed by atoms with Gasteiger partial charge in [0.1, 0.15) is 5.75 Å². The largest absolute Gasteiger partial charge is 0.497 e. The standard InChI is InChI=1S/C26H37N3O4/c1-32-23-8-6-22(7-9-23)29-18-16-28(17-19-29)15-12-20-10-13-26(14-11-20,25(27)31)33-24(30)21-4-2-3-5-21/h4,6-9,20H,2-3,5,10-19H2,1H3,(H2,27,31). The molecule has 33 heavy (non-hydrogen) atoms. The van der Waals surface area contributed by atoms with Gasteiger partial charge in [-0.2, -0.15) is 0 Å². The van der Waals surface area contributed by atoms with Crippen LogP contribution in [0.25, 0.3) is 0 Å². The monoisotopic (exact) mass is 455 g/mol. The van der Waals surface area contributed by atoms with Crippen LogP contribution in [0, 0.1) is 5.92 Å². The molecule has 1 aromatic rings. The summed E-state index contributed by atoms with van der Waals surface area (Å²) in [6, 6.07) is 8.27. The summed E-state index contributed by atoms with van der Waals surface area (Å²) in [7, 11) is 1.69. The first-order chi connectivity index (χ1) is 16.0. The van der Waals surface area contributed by atoms with Gasteiger partial charge in [-0.15, -0.1) is 0 Å². The van der Waals surface area contributed by atoms with Crippen molar-refractivity contribution >= 4 is 17.6 Å². The van der Waals surface area contributed by atoms with Gasteiger partial charge in [0.25, 0.3) is 5.91 Å². The number of hydrogen-bond donors (Lipinski definition) is 1. The average Bonchev–Trinajstić information content (AvgIpc) is 3.39. The quantitative estimate of drug-likeness (QED) is 0.606. The van der Waals surface area contributed by atoms with Crippen molar-refractivity contribution in [3.63, 3.8) is 0 Å². The summed E-state index contributed by atoms with van der Waals surface area (Å²) >= 11 is 0. The Hall–Kier alpha value is -2.54. The normalized spacial score (nSPS) is 26.0. The Kier molecular flexibility index (Phi) is 7.58. The SMILES string of the molecule is COc1ccc(N2CCN(CCC3CCC(OC(=O)C4=CCCC4)(C(N)=O)CC3)CC2)cc1. The molecule has 1 saturated carbocycles. The maximum Gasteiger partial charge on any atom is 0.334 e. The van der Waals surface area contributed by atoms with E-state index in [1.807, 2.05) is 18.2 Å². The van der Waals surface area contributed by atoms with Gasteiger partial charge in [0.2, 0.25) is 0 Å². The fraction of sp³-hybridized carbons (Fsp3) is 0.615. The fourth-order valence-corrected chi connectivity index (χ4v) is 5.32. The summed E-state index contributed by atoms with van der Waals surface area (Å²) < 4.78 is 11.0.